The number of nitrogens with one attached hydrogen (secondary N) is 2. The van der Waals surface area contributed by atoms with Crippen molar-refractivity contribution in [2.75, 3.05) is 19.0 Å². The zero-order valence-corrected chi connectivity index (χ0v) is 15.2. The van der Waals surface area contributed by atoms with E-state index < -0.39 is 0 Å². The quantitative estimate of drug-likeness (QED) is 0.739. The summed E-state index contributed by atoms with van der Waals surface area (Å²) in [5.41, 5.74) is 2.90. The summed E-state index contributed by atoms with van der Waals surface area (Å²) in [4.78, 5) is 0. The molecule has 2 aromatic rings. The summed E-state index contributed by atoms with van der Waals surface area (Å²) in [6, 6.07) is 15.5. The molecule has 0 aliphatic rings. The van der Waals surface area contributed by atoms with Crippen LogP contribution in [0.1, 0.15) is 18.1 Å². The number of hydrogen-bond donors (Lipinski definition) is 2. The van der Waals surface area contributed by atoms with Gasteiger partial charge in [-0.15, -0.1) is 0 Å². The Morgan fingerprint density at radius 1 is 1.12 bits per heavy atom. The molecule has 2 N–H and O–H groups in total. The van der Waals surface area contributed by atoms with Crippen molar-refractivity contribution in [3.63, 3.8) is 0 Å². The number of ether oxygens (including phenoxy) is 2. The van der Waals surface area contributed by atoms with Crippen LogP contribution in [0.3, 0.4) is 0 Å². The smallest absolute Gasteiger partial charge is 0.171 e. The Labute approximate surface area is 153 Å². The summed E-state index contributed by atoms with van der Waals surface area (Å²) in [6.45, 7) is 3.09. The molecule has 130 valence electrons. The molecule has 0 saturated heterocycles. The second kappa shape index (κ2) is 9.50. The zero-order valence-electron chi connectivity index (χ0n) is 14.3. The van der Waals surface area contributed by atoms with Crippen LogP contribution in [0.25, 0.3) is 0 Å². The van der Waals surface area contributed by atoms with Gasteiger partial charge in [0.15, 0.2) is 16.6 Å². The summed E-state index contributed by atoms with van der Waals surface area (Å²) in [7, 11) is 1.62. The Morgan fingerprint density at radius 3 is 2.48 bits per heavy atom. The predicted molar refractivity (Wildman–Crippen MR) is 103 cm³/mol. The van der Waals surface area contributed by atoms with Crippen LogP contribution in [-0.4, -0.2) is 18.8 Å². The highest BCUT2D eigenvalue weighted by molar-refractivity contribution is 7.80. The summed E-state index contributed by atoms with van der Waals surface area (Å²) in [5.74, 6) is 1.43. The van der Waals surface area contributed by atoms with Crippen LogP contribution < -0.4 is 20.1 Å². The van der Waals surface area contributed by atoms with Crippen molar-refractivity contribution >= 4 is 23.0 Å². The third-order valence-electron chi connectivity index (χ3n) is 3.48. The van der Waals surface area contributed by atoms with Crippen LogP contribution >= 0.6 is 12.2 Å². The molecule has 0 aliphatic carbocycles. The molecule has 5 nitrogen and oxygen atoms in total. The Balaban J connectivity index is 1.91. The highest BCUT2D eigenvalue weighted by Gasteiger charge is 2.06. The van der Waals surface area contributed by atoms with E-state index in [1.165, 1.54) is 0 Å². The summed E-state index contributed by atoms with van der Waals surface area (Å²) in [6.07, 6.45) is 0.405. The molecule has 0 spiro atoms. The maximum Gasteiger partial charge on any atom is 0.171 e. The largest absolute Gasteiger partial charge is 0.493 e. The van der Waals surface area contributed by atoms with Gasteiger partial charge in [0.1, 0.15) is 0 Å². The fraction of sp³-hybridized carbons (Fsp3) is 0.263. The molecule has 0 atom stereocenters. The Kier molecular flexibility index (Phi) is 7.05. The number of benzene rings is 2. The molecular weight excluding hydrogens is 334 g/mol. The third kappa shape index (κ3) is 5.66. The summed E-state index contributed by atoms with van der Waals surface area (Å²) in [5, 5.41) is 15.5. The number of methoxy groups -OCH3 is 1. The van der Waals surface area contributed by atoms with Gasteiger partial charge in [-0.1, -0.05) is 18.2 Å². The third-order valence-corrected chi connectivity index (χ3v) is 3.72. The molecular formula is C19H21N3O2S. The minimum atomic E-state index is 0.405. The molecule has 0 fully saturated rings. The van der Waals surface area contributed by atoms with Crippen molar-refractivity contribution in [3.05, 3.63) is 53.6 Å². The van der Waals surface area contributed by atoms with Crippen molar-refractivity contribution in [2.45, 2.75) is 19.9 Å². The predicted octanol–water partition coefficient (Wildman–Crippen LogP) is 3.65. The molecule has 0 amide bonds. The highest BCUT2D eigenvalue weighted by Crippen LogP contribution is 2.27. The molecule has 2 aromatic carbocycles. The van der Waals surface area contributed by atoms with E-state index in [1.807, 2.05) is 49.4 Å². The highest BCUT2D eigenvalue weighted by atomic mass is 32.1. The fourth-order valence-corrected chi connectivity index (χ4v) is 2.44. The average molecular weight is 355 g/mol. The fourth-order valence-electron chi connectivity index (χ4n) is 2.25. The normalized spacial score (nSPS) is 9.80. The Morgan fingerprint density at radius 2 is 1.84 bits per heavy atom. The molecule has 6 heteroatoms. The van der Waals surface area contributed by atoms with E-state index >= 15 is 0 Å². The number of nitrogens with zero attached hydrogens (tertiary/aromatic N) is 1. The monoisotopic (exact) mass is 355 g/mol. The van der Waals surface area contributed by atoms with Gasteiger partial charge >= 0.3 is 0 Å². The van der Waals surface area contributed by atoms with Crippen molar-refractivity contribution in [1.82, 2.24) is 5.32 Å². The molecule has 0 unspecified atom stereocenters. The molecule has 0 heterocycles. The van der Waals surface area contributed by atoms with E-state index in [0.29, 0.717) is 30.4 Å². The lowest BCUT2D eigenvalue weighted by Crippen LogP contribution is -2.27. The van der Waals surface area contributed by atoms with Crippen LogP contribution in [0.4, 0.5) is 5.69 Å². The van der Waals surface area contributed by atoms with Gasteiger partial charge in [0.2, 0.25) is 0 Å². The van der Waals surface area contributed by atoms with Gasteiger partial charge in [-0.2, -0.15) is 5.26 Å². The van der Waals surface area contributed by atoms with Gasteiger partial charge in [0, 0.05) is 12.2 Å². The number of hydrogen-bond acceptors (Lipinski definition) is 4. The van der Waals surface area contributed by atoms with Gasteiger partial charge in [-0.3, -0.25) is 0 Å². The minimum absolute atomic E-state index is 0.405. The van der Waals surface area contributed by atoms with Gasteiger partial charge < -0.3 is 20.1 Å². The molecule has 0 radical (unpaired) electrons. The van der Waals surface area contributed by atoms with Crippen molar-refractivity contribution < 1.29 is 9.47 Å². The maximum absolute atomic E-state index is 8.69. The number of nitriles is 1. The minimum Gasteiger partial charge on any atom is -0.493 e. The average Bonchev–Trinajstić information content (AvgIpc) is 2.62. The number of thiocarbonyl (C=S) groups is 1. The van der Waals surface area contributed by atoms with Crippen LogP contribution in [0.5, 0.6) is 11.5 Å². The first-order valence-corrected chi connectivity index (χ1v) is 8.37. The van der Waals surface area contributed by atoms with E-state index in [0.717, 1.165) is 22.6 Å². The Hall–Kier alpha value is -2.78. The lowest BCUT2D eigenvalue weighted by molar-refractivity contribution is 0.310. The van der Waals surface area contributed by atoms with Crippen LogP contribution in [0.15, 0.2) is 42.5 Å². The molecule has 0 saturated carbocycles. The topological polar surface area (TPSA) is 66.3 Å². The lowest BCUT2D eigenvalue weighted by Gasteiger charge is -2.13. The second-order valence-corrected chi connectivity index (χ2v) is 5.67. The first-order chi connectivity index (χ1) is 12.2. The number of anilines is 1. The van der Waals surface area contributed by atoms with Crippen molar-refractivity contribution in [1.29, 1.82) is 5.26 Å². The van der Waals surface area contributed by atoms with Crippen LogP contribution in [-0.2, 0) is 13.0 Å². The van der Waals surface area contributed by atoms with Gasteiger partial charge in [-0.05, 0) is 54.5 Å². The van der Waals surface area contributed by atoms with E-state index in [9.17, 15) is 0 Å². The molecule has 0 bridgehead atoms. The van der Waals surface area contributed by atoms with Gasteiger partial charge in [0.25, 0.3) is 0 Å². The van der Waals surface area contributed by atoms with Crippen molar-refractivity contribution in [3.8, 4) is 17.6 Å². The van der Waals surface area contributed by atoms with E-state index in [-0.39, 0.29) is 0 Å². The second-order valence-electron chi connectivity index (χ2n) is 5.26. The standard InChI is InChI=1S/C19H21N3O2S/c1-3-24-18-12-15(6-9-17(18)23-2)13-21-19(25)22-16-7-4-14(5-8-16)10-11-20/h4-9,12H,3,10,13H2,1-2H3,(H2,21,22,25). The van der Waals surface area contributed by atoms with E-state index in [1.54, 1.807) is 7.11 Å². The zero-order chi connectivity index (χ0) is 18.1. The Bertz CT molecular complexity index is 754. The van der Waals surface area contributed by atoms with E-state index in [4.69, 9.17) is 27.0 Å². The lowest BCUT2D eigenvalue weighted by atomic mass is 10.1. The molecule has 0 aliphatic heterocycles. The molecule has 2 rings (SSSR count). The van der Waals surface area contributed by atoms with Crippen molar-refractivity contribution in [2.24, 2.45) is 0 Å². The summed E-state index contributed by atoms with van der Waals surface area (Å²) < 4.78 is 10.9. The van der Waals surface area contributed by atoms with Crippen LogP contribution in [0, 0.1) is 11.3 Å². The first-order valence-electron chi connectivity index (χ1n) is 7.96. The summed E-state index contributed by atoms with van der Waals surface area (Å²) >= 11 is 5.32. The van der Waals surface area contributed by atoms with E-state index in [2.05, 4.69) is 16.7 Å². The maximum atomic E-state index is 8.69. The number of rotatable bonds is 7. The molecule has 0 aromatic heterocycles. The van der Waals surface area contributed by atoms with Gasteiger partial charge in [-0.25, -0.2) is 0 Å². The first kappa shape index (κ1) is 18.6. The molecule has 25 heavy (non-hydrogen) atoms. The van der Waals surface area contributed by atoms with Crippen LogP contribution in [0.2, 0.25) is 0 Å². The SMILES string of the molecule is CCOc1cc(CNC(=S)Nc2ccc(CC#N)cc2)ccc1OC. The van der Waals surface area contributed by atoms with Gasteiger partial charge in [0.05, 0.1) is 26.2 Å².